The van der Waals surface area contributed by atoms with Gasteiger partial charge in [-0.1, -0.05) is 42.5 Å². The molecule has 2 N–H and O–H groups in total. The Balaban J connectivity index is 1.99. The van der Waals surface area contributed by atoms with Crippen LogP contribution in [0.1, 0.15) is 33.8 Å². The van der Waals surface area contributed by atoms with E-state index in [1.807, 2.05) is 6.07 Å². The van der Waals surface area contributed by atoms with E-state index in [1.165, 1.54) is 32.4 Å². The van der Waals surface area contributed by atoms with Crippen LogP contribution in [0.4, 0.5) is 0 Å². The van der Waals surface area contributed by atoms with E-state index in [4.69, 9.17) is 13.9 Å². The minimum atomic E-state index is -0.827. The summed E-state index contributed by atoms with van der Waals surface area (Å²) in [7, 11) is 2.51. The molecule has 1 atom stereocenters. The predicted octanol–water partition coefficient (Wildman–Crippen LogP) is 4.35. The number of ether oxygens (including phenoxy) is 2. The fourth-order valence-corrected chi connectivity index (χ4v) is 4.01. The van der Waals surface area contributed by atoms with E-state index in [0.29, 0.717) is 16.7 Å². The second-order valence-electron chi connectivity index (χ2n) is 7.82. The maximum Gasteiger partial charge on any atom is 0.337 e. The van der Waals surface area contributed by atoms with Gasteiger partial charge in [-0.15, -0.1) is 0 Å². The van der Waals surface area contributed by atoms with Gasteiger partial charge < -0.3 is 24.1 Å². The molecule has 0 fully saturated rings. The van der Waals surface area contributed by atoms with E-state index in [2.05, 4.69) is 0 Å². The minimum absolute atomic E-state index is 0.0557. The number of phenols is 2. The average molecular weight is 474 g/mol. The molecule has 1 aromatic heterocycles. The molecule has 0 spiro atoms. The Labute approximate surface area is 200 Å². The van der Waals surface area contributed by atoms with Gasteiger partial charge in [-0.05, 0) is 17.7 Å². The number of methoxy groups -OCH3 is 2. The number of carbonyl (C=O) groups excluding carboxylic acids is 2. The second kappa shape index (κ2) is 9.72. The lowest BCUT2D eigenvalue weighted by atomic mass is 9.86. The van der Waals surface area contributed by atoms with E-state index in [0.717, 1.165) is 6.07 Å². The van der Waals surface area contributed by atoms with Gasteiger partial charge in [0.05, 0.1) is 26.2 Å². The van der Waals surface area contributed by atoms with Crippen molar-refractivity contribution in [3.63, 3.8) is 0 Å². The van der Waals surface area contributed by atoms with Crippen LogP contribution < -0.4 is 5.43 Å². The molecular weight excluding hydrogens is 452 g/mol. The van der Waals surface area contributed by atoms with Crippen molar-refractivity contribution in [1.29, 1.82) is 0 Å². The Morgan fingerprint density at radius 3 is 2.23 bits per heavy atom. The molecule has 0 aliphatic carbocycles. The number of carbonyl (C=O) groups is 2. The number of hydrogen-bond acceptors (Lipinski definition) is 8. The summed E-state index contributed by atoms with van der Waals surface area (Å²) in [6, 6.07) is 17.5. The van der Waals surface area contributed by atoms with Crippen LogP contribution in [0, 0.1) is 0 Å². The van der Waals surface area contributed by atoms with Crippen LogP contribution in [-0.2, 0) is 14.3 Å². The first kappa shape index (κ1) is 23.6. The maximum atomic E-state index is 13.0. The quantitative estimate of drug-likeness (QED) is 0.395. The molecular formula is C27H22O8. The van der Waals surface area contributed by atoms with Gasteiger partial charge in [-0.25, -0.2) is 4.79 Å². The molecule has 0 saturated heterocycles. The van der Waals surface area contributed by atoms with E-state index in [9.17, 15) is 24.6 Å². The highest BCUT2D eigenvalue weighted by Gasteiger charge is 2.28. The molecule has 0 aliphatic rings. The molecule has 0 aliphatic heterocycles. The standard InChI is InChI=1S/C27H22O8/c1-33-23(31)12-18(15-8-10-17(11-9-15)27(32)34-2)24-19(28)13-20(29)25-21(30)14-22(35-26(24)25)16-6-4-3-5-7-16/h3-11,13-14,18,28-29H,12H2,1-2H3/t18-/m1/s1. The van der Waals surface area contributed by atoms with Crippen molar-refractivity contribution in [2.75, 3.05) is 14.2 Å². The Morgan fingerprint density at radius 1 is 0.914 bits per heavy atom. The van der Waals surface area contributed by atoms with Crippen LogP contribution in [0.3, 0.4) is 0 Å². The van der Waals surface area contributed by atoms with Crippen molar-refractivity contribution in [3.8, 4) is 22.8 Å². The molecule has 8 nitrogen and oxygen atoms in total. The zero-order valence-corrected chi connectivity index (χ0v) is 19.0. The van der Waals surface area contributed by atoms with Crippen molar-refractivity contribution >= 4 is 22.9 Å². The van der Waals surface area contributed by atoms with Gasteiger partial charge in [-0.3, -0.25) is 9.59 Å². The minimum Gasteiger partial charge on any atom is -0.507 e. The number of fused-ring (bicyclic) bond motifs is 1. The lowest BCUT2D eigenvalue weighted by Crippen LogP contribution is -2.12. The molecule has 4 aromatic rings. The lowest BCUT2D eigenvalue weighted by molar-refractivity contribution is -0.140. The summed E-state index contributed by atoms with van der Waals surface area (Å²) in [6.07, 6.45) is -0.208. The Bertz CT molecular complexity index is 1450. The number of rotatable bonds is 6. The van der Waals surface area contributed by atoms with Crippen molar-refractivity contribution in [1.82, 2.24) is 0 Å². The van der Waals surface area contributed by atoms with Crippen LogP contribution in [0.15, 0.2) is 75.9 Å². The van der Waals surface area contributed by atoms with Crippen LogP contribution in [0.25, 0.3) is 22.3 Å². The number of phenolic OH excluding ortho intramolecular Hbond substituents is 2. The first-order valence-electron chi connectivity index (χ1n) is 10.7. The van der Waals surface area contributed by atoms with Crippen LogP contribution >= 0.6 is 0 Å². The summed E-state index contributed by atoms with van der Waals surface area (Å²) in [6.45, 7) is 0. The van der Waals surface area contributed by atoms with Gasteiger partial charge in [-0.2, -0.15) is 0 Å². The maximum absolute atomic E-state index is 13.0. The summed E-state index contributed by atoms with van der Waals surface area (Å²) in [5, 5.41) is 21.2. The highest BCUT2D eigenvalue weighted by atomic mass is 16.5. The Kier molecular flexibility index (Phi) is 6.55. The molecule has 0 amide bonds. The summed E-state index contributed by atoms with van der Waals surface area (Å²) in [4.78, 5) is 37.2. The Hall–Kier alpha value is -4.59. The third-order valence-electron chi connectivity index (χ3n) is 5.74. The van der Waals surface area contributed by atoms with E-state index in [1.54, 1.807) is 36.4 Å². The largest absolute Gasteiger partial charge is 0.507 e. The second-order valence-corrected chi connectivity index (χ2v) is 7.82. The topological polar surface area (TPSA) is 123 Å². The van der Waals surface area contributed by atoms with E-state index >= 15 is 0 Å². The highest BCUT2D eigenvalue weighted by molar-refractivity contribution is 5.91. The molecule has 35 heavy (non-hydrogen) atoms. The van der Waals surface area contributed by atoms with Crippen LogP contribution in [0.2, 0.25) is 0 Å². The molecule has 0 unspecified atom stereocenters. The van der Waals surface area contributed by atoms with Crippen LogP contribution in [0.5, 0.6) is 11.5 Å². The zero-order chi connectivity index (χ0) is 25.1. The lowest BCUT2D eigenvalue weighted by Gasteiger charge is -2.20. The van der Waals surface area contributed by atoms with Gasteiger partial charge in [0, 0.05) is 29.2 Å². The molecule has 3 aromatic carbocycles. The molecule has 1 heterocycles. The van der Waals surface area contributed by atoms with Crippen LogP contribution in [-0.4, -0.2) is 36.4 Å². The average Bonchev–Trinajstić information content (AvgIpc) is 2.87. The Morgan fingerprint density at radius 2 is 1.60 bits per heavy atom. The molecule has 8 heteroatoms. The summed E-state index contributed by atoms with van der Waals surface area (Å²) >= 11 is 0. The monoisotopic (exact) mass is 474 g/mol. The first-order valence-corrected chi connectivity index (χ1v) is 10.7. The third-order valence-corrected chi connectivity index (χ3v) is 5.74. The fraction of sp³-hybridized carbons (Fsp3) is 0.148. The normalized spacial score (nSPS) is 11.7. The van der Waals surface area contributed by atoms with Crippen molar-refractivity contribution in [2.24, 2.45) is 0 Å². The molecule has 0 bridgehead atoms. The SMILES string of the molecule is COC(=O)C[C@H](c1ccc(C(=O)OC)cc1)c1c(O)cc(O)c2c(=O)cc(-c3ccccc3)oc12. The van der Waals surface area contributed by atoms with Gasteiger partial charge in [0.25, 0.3) is 0 Å². The predicted molar refractivity (Wildman–Crippen MR) is 128 cm³/mol. The number of esters is 2. The van der Waals surface area contributed by atoms with Gasteiger partial charge in [0.1, 0.15) is 28.2 Å². The third kappa shape index (κ3) is 4.59. The fourth-order valence-electron chi connectivity index (χ4n) is 4.01. The van der Waals surface area contributed by atoms with Gasteiger partial charge >= 0.3 is 11.9 Å². The van der Waals surface area contributed by atoms with Gasteiger partial charge in [0.2, 0.25) is 0 Å². The molecule has 0 saturated carbocycles. The van der Waals surface area contributed by atoms with E-state index in [-0.39, 0.29) is 34.5 Å². The highest BCUT2D eigenvalue weighted by Crippen LogP contribution is 2.43. The summed E-state index contributed by atoms with van der Waals surface area (Å²) in [5.41, 5.74) is 1.02. The molecule has 0 radical (unpaired) electrons. The number of aromatic hydroxyl groups is 2. The summed E-state index contributed by atoms with van der Waals surface area (Å²) < 4.78 is 15.7. The molecule has 4 rings (SSSR count). The van der Waals surface area contributed by atoms with Gasteiger partial charge in [0.15, 0.2) is 5.43 Å². The van der Waals surface area contributed by atoms with E-state index < -0.39 is 29.0 Å². The number of hydrogen-bond donors (Lipinski definition) is 2. The van der Waals surface area contributed by atoms with Crippen molar-refractivity contribution in [3.05, 3.63) is 93.6 Å². The number of benzene rings is 3. The van der Waals surface area contributed by atoms with Crippen molar-refractivity contribution in [2.45, 2.75) is 12.3 Å². The van der Waals surface area contributed by atoms with Crippen molar-refractivity contribution < 1.29 is 33.7 Å². The summed E-state index contributed by atoms with van der Waals surface area (Å²) in [5.74, 6) is -2.52. The zero-order valence-electron chi connectivity index (χ0n) is 19.0. The smallest absolute Gasteiger partial charge is 0.337 e. The molecule has 178 valence electrons. The first-order chi connectivity index (χ1) is 16.8.